The Morgan fingerprint density at radius 3 is 2.68 bits per heavy atom. The van der Waals surface area contributed by atoms with Gasteiger partial charge < -0.3 is 4.42 Å². The lowest BCUT2D eigenvalue weighted by atomic mass is 10.1. The molecule has 0 aliphatic rings. The highest BCUT2D eigenvalue weighted by Gasteiger charge is 2.20. The molecule has 0 fully saturated rings. The molecule has 4 rings (SSSR count). The number of benzene rings is 1. The number of amides is 1. The summed E-state index contributed by atoms with van der Waals surface area (Å²) in [7, 11) is 0. The van der Waals surface area contributed by atoms with Crippen molar-refractivity contribution in [2.45, 2.75) is 44.6 Å². The number of aromatic nitrogens is 4. The molecule has 1 aromatic carbocycles. The first-order valence-corrected chi connectivity index (χ1v) is 12.5. The van der Waals surface area contributed by atoms with Gasteiger partial charge in [0.05, 0.1) is 28.5 Å². The van der Waals surface area contributed by atoms with Crippen molar-refractivity contribution in [3.63, 3.8) is 0 Å². The quantitative estimate of drug-likeness (QED) is 0.317. The number of hydrogen-bond acceptors (Lipinski definition) is 9. The normalized spacial score (nSPS) is 11.1. The van der Waals surface area contributed by atoms with Gasteiger partial charge in [0.1, 0.15) is 0 Å². The molecule has 4 aromatic rings. The van der Waals surface area contributed by atoms with Crippen LogP contribution in [-0.4, -0.2) is 26.1 Å². The van der Waals surface area contributed by atoms with E-state index in [9.17, 15) is 4.79 Å². The third kappa shape index (κ3) is 5.20. The number of anilines is 2. The number of thiazole rings is 2. The molecule has 10 heteroatoms. The molecule has 31 heavy (non-hydrogen) atoms. The smallest absolute Gasteiger partial charge is 0.276 e. The molecular formula is C21H21N5O2S3. The molecule has 0 saturated heterocycles. The van der Waals surface area contributed by atoms with E-state index in [0.29, 0.717) is 28.4 Å². The molecule has 0 radical (unpaired) electrons. The maximum atomic E-state index is 12.4. The predicted molar refractivity (Wildman–Crippen MR) is 124 cm³/mol. The number of hydrogen-bond donors (Lipinski definition) is 0. The Bertz CT molecular complexity index is 1180. The van der Waals surface area contributed by atoms with Crippen molar-refractivity contribution in [3.05, 3.63) is 62.9 Å². The summed E-state index contributed by atoms with van der Waals surface area (Å²) in [5.74, 6) is 1.06. The van der Waals surface area contributed by atoms with Gasteiger partial charge in [0.2, 0.25) is 11.8 Å². The highest BCUT2D eigenvalue weighted by Crippen LogP contribution is 2.33. The first-order valence-electron chi connectivity index (χ1n) is 9.72. The molecule has 1 amide bonds. The largest absolute Gasteiger partial charge is 0.416 e. The number of rotatable bonds is 8. The average Bonchev–Trinajstić information content (AvgIpc) is 3.49. The number of carbonyl (C=O) groups is 1. The van der Waals surface area contributed by atoms with E-state index in [1.807, 2.05) is 41.9 Å². The summed E-state index contributed by atoms with van der Waals surface area (Å²) in [4.78, 5) is 23.2. The van der Waals surface area contributed by atoms with Gasteiger partial charge in [-0.2, -0.15) is 0 Å². The molecule has 0 saturated carbocycles. The molecule has 7 nitrogen and oxygen atoms in total. The lowest BCUT2D eigenvalue weighted by Gasteiger charge is -2.20. The second kappa shape index (κ2) is 9.71. The average molecular weight is 472 g/mol. The summed E-state index contributed by atoms with van der Waals surface area (Å²) in [6.45, 7) is 5.61. The summed E-state index contributed by atoms with van der Waals surface area (Å²) in [5.41, 5.74) is 3.78. The summed E-state index contributed by atoms with van der Waals surface area (Å²) < 4.78 is 5.73. The summed E-state index contributed by atoms with van der Waals surface area (Å²) in [6.07, 6.45) is 1.37. The van der Waals surface area contributed by atoms with Crippen molar-refractivity contribution < 1.29 is 9.21 Å². The number of aryl methyl sites for hydroxylation is 2. The topological polar surface area (TPSA) is 85.0 Å². The van der Waals surface area contributed by atoms with Gasteiger partial charge in [-0.05, 0) is 25.0 Å². The Balaban J connectivity index is 1.43. The fraction of sp³-hybridized carbons (Fsp3) is 0.286. The maximum absolute atomic E-state index is 12.4. The third-order valence-corrected chi connectivity index (χ3v) is 7.00. The van der Waals surface area contributed by atoms with Gasteiger partial charge in [0.15, 0.2) is 5.13 Å². The monoisotopic (exact) mass is 471 g/mol. The first kappa shape index (κ1) is 21.7. The maximum Gasteiger partial charge on any atom is 0.276 e. The number of thioether (sulfide) groups is 1. The van der Waals surface area contributed by atoms with Gasteiger partial charge in [-0.1, -0.05) is 36.9 Å². The highest BCUT2D eigenvalue weighted by atomic mass is 32.2. The van der Waals surface area contributed by atoms with E-state index >= 15 is 0 Å². The molecule has 3 heterocycles. The molecule has 0 N–H and O–H groups in total. The molecule has 160 valence electrons. The molecule has 0 atom stereocenters. The van der Waals surface area contributed by atoms with Crippen LogP contribution in [0.25, 0.3) is 0 Å². The van der Waals surface area contributed by atoms with Crippen LogP contribution < -0.4 is 4.90 Å². The van der Waals surface area contributed by atoms with Gasteiger partial charge >= 0.3 is 0 Å². The Hall–Kier alpha value is -2.56. The molecule has 0 aliphatic heterocycles. The van der Waals surface area contributed by atoms with E-state index < -0.39 is 0 Å². The van der Waals surface area contributed by atoms with E-state index in [-0.39, 0.29) is 5.91 Å². The fourth-order valence-electron chi connectivity index (χ4n) is 3.05. The Labute approximate surface area is 192 Å². The first-order chi connectivity index (χ1) is 15.0. The second-order valence-electron chi connectivity index (χ2n) is 6.74. The summed E-state index contributed by atoms with van der Waals surface area (Å²) >= 11 is 4.48. The van der Waals surface area contributed by atoms with Crippen molar-refractivity contribution in [3.8, 4) is 0 Å². The number of nitrogens with zero attached hydrogens (tertiary/aromatic N) is 5. The minimum Gasteiger partial charge on any atom is -0.416 e. The minimum atomic E-state index is -0.0618. The van der Waals surface area contributed by atoms with Gasteiger partial charge in [0.25, 0.3) is 5.22 Å². The van der Waals surface area contributed by atoms with Gasteiger partial charge in [0, 0.05) is 23.4 Å². The van der Waals surface area contributed by atoms with E-state index in [2.05, 4.69) is 27.1 Å². The fourth-order valence-corrected chi connectivity index (χ4v) is 5.32. The van der Waals surface area contributed by atoms with Gasteiger partial charge in [-0.3, -0.25) is 9.69 Å². The number of para-hydroxylation sites is 1. The summed E-state index contributed by atoms with van der Waals surface area (Å²) in [5, 5.41) is 14.3. The standard InChI is InChI=1S/C21H21N5O2S3/c1-4-15-7-5-6-8-18(15)26(14(3)27)20-23-17(11-30-20)12-31-21-25-24-19(28-21)9-16-10-29-13(2)22-16/h5-8,10-11H,4,9,12H2,1-3H3. The third-order valence-electron chi connectivity index (χ3n) is 4.45. The van der Waals surface area contributed by atoms with E-state index in [0.717, 1.165) is 34.1 Å². The Morgan fingerprint density at radius 1 is 1.13 bits per heavy atom. The van der Waals surface area contributed by atoms with Crippen molar-refractivity contribution in [1.82, 2.24) is 20.2 Å². The molecule has 0 aliphatic carbocycles. The lowest BCUT2D eigenvalue weighted by molar-refractivity contribution is -0.115. The van der Waals surface area contributed by atoms with Crippen molar-refractivity contribution in [2.75, 3.05) is 4.90 Å². The van der Waals surface area contributed by atoms with Crippen LogP contribution in [0.15, 0.2) is 44.7 Å². The zero-order valence-electron chi connectivity index (χ0n) is 17.4. The Morgan fingerprint density at radius 2 is 1.94 bits per heavy atom. The van der Waals surface area contributed by atoms with Crippen molar-refractivity contribution in [1.29, 1.82) is 0 Å². The number of carbonyl (C=O) groups excluding carboxylic acids is 1. The van der Waals surface area contributed by atoms with Crippen LogP contribution in [0.5, 0.6) is 0 Å². The van der Waals surface area contributed by atoms with Crippen molar-refractivity contribution >= 4 is 51.2 Å². The molecule has 0 unspecified atom stereocenters. The molecule has 0 bridgehead atoms. The van der Waals surface area contributed by atoms with Gasteiger partial charge in [-0.15, -0.1) is 32.9 Å². The van der Waals surface area contributed by atoms with Crippen LogP contribution in [0, 0.1) is 6.92 Å². The van der Waals surface area contributed by atoms with Crippen LogP contribution >= 0.6 is 34.4 Å². The molecular weight excluding hydrogens is 450 g/mol. The zero-order valence-corrected chi connectivity index (χ0v) is 19.8. The van der Waals surface area contributed by atoms with E-state index in [1.165, 1.54) is 23.1 Å². The van der Waals surface area contributed by atoms with Crippen LogP contribution in [0.4, 0.5) is 10.8 Å². The lowest BCUT2D eigenvalue weighted by Crippen LogP contribution is -2.23. The van der Waals surface area contributed by atoms with Crippen LogP contribution in [0.3, 0.4) is 0 Å². The molecule has 0 spiro atoms. The highest BCUT2D eigenvalue weighted by molar-refractivity contribution is 7.98. The van der Waals surface area contributed by atoms with Gasteiger partial charge in [-0.25, -0.2) is 9.97 Å². The zero-order chi connectivity index (χ0) is 21.8. The SMILES string of the molecule is CCc1ccccc1N(C(C)=O)c1nc(CSc2nnc(Cc3csc(C)n3)o2)cs1. The molecule has 3 aromatic heterocycles. The van der Waals surface area contributed by atoms with Crippen LogP contribution in [0.2, 0.25) is 0 Å². The minimum absolute atomic E-state index is 0.0618. The predicted octanol–water partition coefficient (Wildman–Crippen LogP) is 5.42. The van der Waals surface area contributed by atoms with Crippen LogP contribution in [0.1, 0.15) is 41.7 Å². The second-order valence-corrected chi connectivity index (χ2v) is 9.57. The Kier molecular flexibility index (Phi) is 6.79. The van der Waals surface area contributed by atoms with E-state index in [4.69, 9.17) is 4.42 Å². The van der Waals surface area contributed by atoms with E-state index in [1.54, 1.807) is 23.2 Å². The summed E-state index contributed by atoms with van der Waals surface area (Å²) in [6, 6.07) is 7.92. The van der Waals surface area contributed by atoms with Crippen LogP contribution in [-0.2, 0) is 23.4 Å². The van der Waals surface area contributed by atoms with Crippen molar-refractivity contribution in [2.24, 2.45) is 0 Å².